The van der Waals surface area contributed by atoms with Crippen LogP contribution in [0, 0.1) is 0 Å². The van der Waals surface area contributed by atoms with E-state index in [1.54, 1.807) is 0 Å². The number of hydrogen-bond acceptors (Lipinski definition) is 5. The highest BCUT2D eigenvalue weighted by Crippen LogP contribution is 2.37. The minimum atomic E-state index is -5.71. The average Bonchev–Trinajstić information content (AvgIpc) is 2.75. The summed E-state index contributed by atoms with van der Waals surface area (Å²) in [6, 6.07) is 20.0. The van der Waals surface area contributed by atoms with Gasteiger partial charge in [0, 0.05) is 0 Å². The Morgan fingerprint density at radius 2 is 1.48 bits per heavy atom. The van der Waals surface area contributed by atoms with Crippen molar-refractivity contribution in [3.05, 3.63) is 72.5 Å². The molecule has 2 aromatic carbocycles. The van der Waals surface area contributed by atoms with E-state index in [4.69, 9.17) is 9.16 Å². The van der Waals surface area contributed by atoms with Gasteiger partial charge in [0.2, 0.25) is 0 Å². The second kappa shape index (κ2) is 9.61. The average molecular weight is 501 g/mol. The van der Waals surface area contributed by atoms with Gasteiger partial charge < -0.3 is 13.3 Å². The summed E-state index contributed by atoms with van der Waals surface area (Å²) >= 11 is 0. The van der Waals surface area contributed by atoms with Gasteiger partial charge in [-0.2, -0.15) is 21.6 Å². The Morgan fingerprint density at radius 1 is 0.970 bits per heavy atom. The van der Waals surface area contributed by atoms with Gasteiger partial charge in [-0.25, -0.2) is 0 Å². The van der Waals surface area contributed by atoms with Gasteiger partial charge in [-0.05, 0) is 27.9 Å². The highest BCUT2D eigenvalue weighted by atomic mass is 32.2. The summed E-state index contributed by atoms with van der Waals surface area (Å²) in [5, 5.41) is 1.95. The normalized spacial score (nSPS) is 18.0. The van der Waals surface area contributed by atoms with Crippen molar-refractivity contribution in [2.45, 2.75) is 43.8 Å². The maximum absolute atomic E-state index is 12.6. The Kier molecular flexibility index (Phi) is 7.42. The van der Waals surface area contributed by atoms with Crippen molar-refractivity contribution < 1.29 is 34.9 Å². The van der Waals surface area contributed by atoms with E-state index in [2.05, 4.69) is 49.2 Å². The molecule has 3 rings (SSSR count). The second-order valence-electron chi connectivity index (χ2n) is 8.80. The fraction of sp³-hybridized carbons (Fsp3) is 0.391. The number of halogens is 3. The van der Waals surface area contributed by atoms with Crippen molar-refractivity contribution in [3.8, 4) is 0 Å². The zero-order valence-corrected chi connectivity index (χ0v) is 20.4. The first-order chi connectivity index (χ1) is 15.4. The first kappa shape index (κ1) is 25.5. The fourth-order valence-electron chi connectivity index (χ4n) is 3.93. The summed E-state index contributed by atoms with van der Waals surface area (Å²) in [5.41, 5.74) is -5.49. The molecule has 0 aromatic heterocycles. The molecule has 0 fully saturated rings. The maximum atomic E-state index is 12.6. The van der Waals surface area contributed by atoms with Crippen molar-refractivity contribution in [1.82, 2.24) is 0 Å². The zero-order valence-electron chi connectivity index (χ0n) is 18.6. The SMILES string of the molecule is CC(C)(C)[Si](OCC1CC=C(OS(=O)(=O)C(F)(F)F)CO1)(c1ccccc1)c1ccccc1. The summed E-state index contributed by atoms with van der Waals surface area (Å²) in [6.45, 7) is 6.21. The molecular formula is C23H27F3O5SSi. The lowest BCUT2D eigenvalue weighted by molar-refractivity contribution is -0.0543. The van der Waals surface area contributed by atoms with E-state index in [-0.39, 0.29) is 30.4 Å². The van der Waals surface area contributed by atoms with Crippen molar-refractivity contribution in [2.24, 2.45) is 0 Å². The lowest BCUT2D eigenvalue weighted by Gasteiger charge is -2.43. The highest BCUT2D eigenvalue weighted by molar-refractivity contribution is 7.87. The molecule has 0 amide bonds. The molecule has 1 aliphatic rings. The second-order valence-corrected chi connectivity index (χ2v) is 14.6. The summed E-state index contributed by atoms with van der Waals surface area (Å²) in [6.07, 6.45) is 1.03. The van der Waals surface area contributed by atoms with Crippen molar-refractivity contribution in [3.63, 3.8) is 0 Å². The van der Waals surface area contributed by atoms with E-state index in [9.17, 15) is 21.6 Å². The van der Waals surface area contributed by atoms with E-state index in [0.29, 0.717) is 0 Å². The highest BCUT2D eigenvalue weighted by Gasteiger charge is 2.51. The number of rotatable bonds is 7. The van der Waals surface area contributed by atoms with Gasteiger partial charge in [0.05, 0.1) is 12.7 Å². The summed E-state index contributed by atoms with van der Waals surface area (Å²) in [7, 11) is -8.50. The minimum Gasteiger partial charge on any atom is -0.405 e. The predicted molar refractivity (Wildman–Crippen MR) is 122 cm³/mol. The fourth-order valence-corrected chi connectivity index (χ4v) is 9.02. The lowest BCUT2D eigenvalue weighted by atomic mass is 10.2. The molecule has 0 N–H and O–H groups in total. The van der Waals surface area contributed by atoms with Gasteiger partial charge in [-0.1, -0.05) is 81.4 Å². The van der Waals surface area contributed by atoms with Crippen LogP contribution >= 0.6 is 0 Å². The van der Waals surface area contributed by atoms with Crippen LogP contribution in [0.4, 0.5) is 13.2 Å². The van der Waals surface area contributed by atoms with Crippen LogP contribution < -0.4 is 10.4 Å². The third-order valence-electron chi connectivity index (χ3n) is 5.47. The van der Waals surface area contributed by atoms with Crippen LogP contribution in [0.25, 0.3) is 0 Å². The van der Waals surface area contributed by atoms with Crippen molar-refractivity contribution in [1.29, 1.82) is 0 Å². The van der Waals surface area contributed by atoms with Crippen LogP contribution in [0.1, 0.15) is 27.2 Å². The summed E-state index contributed by atoms with van der Waals surface area (Å²) in [5.74, 6) is -0.381. The molecule has 180 valence electrons. The van der Waals surface area contributed by atoms with Gasteiger partial charge >= 0.3 is 15.6 Å². The molecule has 1 unspecified atom stereocenters. The van der Waals surface area contributed by atoms with E-state index < -0.39 is 30.0 Å². The third-order valence-corrected chi connectivity index (χ3v) is 11.5. The smallest absolute Gasteiger partial charge is 0.405 e. The van der Waals surface area contributed by atoms with Gasteiger partial charge in [0.25, 0.3) is 8.32 Å². The maximum Gasteiger partial charge on any atom is 0.534 e. The van der Waals surface area contributed by atoms with E-state index in [0.717, 1.165) is 10.4 Å². The van der Waals surface area contributed by atoms with Crippen LogP contribution in [0.15, 0.2) is 72.5 Å². The van der Waals surface area contributed by atoms with Crippen LogP contribution in [0.5, 0.6) is 0 Å². The number of benzene rings is 2. The molecule has 5 nitrogen and oxygen atoms in total. The molecule has 0 saturated carbocycles. The third kappa shape index (κ3) is 5.51. The number of hydrogen-bond donors (Lipinski definition) is 0. The largest absolute Gasteiger partial charge is 0.534 e. The topological polar surface area (TPSA) is 61.8 Å². The van der Waals surface area contributed by atoms with Crippen LogP contribution in [0.3, 0.4) is 0 Å². The van der Waals surface area contributed by atoms with Gasteiger partial charge in [-0.3, -0.25) is 0 Å². The molecule has 0 spiro atoms. The van der Waals surface area contributed by atoms with Crippen LogP contribution in [0.2, 0.25) is 5.04 Å². The summed E-state index contributed by atoms with van der Waals surface area (Å²) < 4.78 is 76.6. The quantitative estimate of drug-likeness (QED) is 0.325. The van der Waals surface area contributed by atoms with E-state index in [1.807, 2.05) is 36.4 Å². The lowest BCUT2D eigenvalue weighted by Crippen LogP contribution is -2.67. The number of alkyl halides is 3. The molecule has 2 aromatic rings. The molecule has 0 bridgehead atoms. The predicted octanol–water partition coefficient (Wildman–Crippen LogP) is 4.10. The Bertz CT molecular complexity index is 1030. The molecule has 1 aliphatic heterocycles. The zero-order chi connectivity index (χ0) is 24.3. The first-order valence-corrected chi connectivity index (χ1v) is 13.7. The van der Waals surface area contributed by atoms with Crippen LogP contribution in [-0.2, 0) is 23.5 Å². The Hall–Kier alpha value is -2.14. The molecule has 1 heterocycles. The van der Waals surface area contributed by atoms with Crippen molar-refractivity contribution in [2.75, 3.05) is 13.2 Å². The first-order valence-electron chi connectivity index (χ1n) is 10.4. The van der Waals surface area contributed by atoms with Crippen molar-refractivity contribution >= 4 is 28.8 Å². The molecule has 33 heavy (non-hydrogen) atoms. The Morgan fingerprint density at radius 3 is 1.88 bits per heavy atom. The molecule has 10 heteroatoms. The van der Waals surface area contributed by atoms with Crippen LogP contribution in [-0.4, -0.2) is 41.6 Å². The van der Waals surface area contributed by atoms with Gasteiger partial charge in [0.1, 0.15) is 12.4 Å². The molecular weight excluding hydrogens is 473 g/mol. The molecule has 0 saturated heterocycles. The minimum absolute atomic E-state index is 0.168. The number of ether oxygens (including phenoxy) is 1. The standard InChI is InChI=1S/C23H27F3O5SSi/c1-22(2,3)33(20-10-6-4-7-11-20,21-12-8-5-9-13-21)30-17-18-14-15-19(16-29-18)31-32(27,28)23(24,25)26/h4-13,15,18H,14,16-17H2,1-3H3. The Labute approximate surface area is 193 Å². The molecule has 0 aliphatic carbocycles. The van der Waals surface area contributed by atoms with E-state index in [1.165, 1.54) is 6.08 Å². The van der Waals surface area contributed by atoms with Gasteiger partial charge in [-0.15, -0.1) is 0 Å². The molecule has 1 atom stereocenters. The monoisotopic (exact) mass is 500 g/mol. The Balaban J connectivity index is 1.83. The molecule has 0 radical (unpaired) electrons. The summed E-state index contributed by atoms with van der Waals surface area (Å²) in [4.78, 5) is 0. The van der Waals surface area contributed by atoms with E-state index >= 15 is 0 Å². The van der Waals surface area contributed by atoms with Gasteiger partial charge in [0.15, 0.2) is 0 Å².